The Hall–Kier alpha value is -3.35. The molecule has 168 valence electrons. The summed E-state index contributed by atoms with van der Waals surface area (Å²) in [6.07, 6.45) is 1.85. The van der Waals surface area contributed by atoms with Gasteiger partial charge in [0.1, 0.15) is 0 Å². The molecule has 0 saturated carbocycles. The van der Waals surface area contributed by atoms with Gasteiger partial charge < -0.3 is 10.2 Å². The van der Waals surface area contributed by atoms with Gasteiger partial charge in [-0.25, -0.2) is 0 Å². The Morgan fingerprint density at radius 3 is 2.09 bits per heavy atom. The molecule has 0 radical (unpaired) electrons. The second kappa shape index (κ2) is 9.65. The van der Waals surface area contributed by atoms with Gasteiger partial charge >= 0.3 is 5.91 Å². The molecule has 3 aromatic rings. The maximum Gasteiger partial charge on any atom is 0.304 e. The van der Waals surface area contributed by atoms with Gasteiger partial charge in [-0.15, -0.1) is 10.1 Å². The van der Waals surface area contributed by atoms with Crippen molar-refractivity contribution in [1.82, 2.24) is 10.7 Å². The van der Waals surface area contributed by atoms with Crippen molar-refractivity contribution in [3.05, 3.63) is 99.5 Å². The van der Waals surface area contributed by atoms with E-state index in [0.717, 1.165) is 16.8 Å². The number of hydrogen-bond acceptors (Lipinski definition) is 3. The molecule has 1 aliphatic heterocycles. The van der Waals surface area contributed by atoms with E-state index in [1.165, 1.54) is 0 Å². The third kappa shape index (κ3) is 5.18. The second-order valence-electron chi connectivity index (χ2n) is 7.95. The van der Waals surface area contributed by atoms with E-state index in [0.29, 0.717) is 15.6 Å². The van der Waals surface area contributed by atoms with Crippen molar-refractivity contribution in [2.24, 2.45) is 0 Å². The zero-order valence-electron chi connectivity index (χ0n) is 18.1. The molecular formula is C25H23Cl2N4O2+. The number of amides is 2. The van der Waals surface area contributed by atoms with Crippen LogP contribution in [0.1, 0.15) is 27.5 Å². The molecule has 1 heterocycles. The lowest BCUT2D eigenvalue weighted by Gasteiger charge is -2.15. The number of anilines is 1. The predicted molar refractivity (Wildman–Crippen MR) is 131 cm³/mol. The Morgan fingerprint density at radius 2 is 1.52 bits per heavy atom. The zero-order valence-corrected chi connectivity index (χ0v) is 19.6. The summed E-state index contributed by atoms with van der Waals surface area (Å²) >= 11 is 12.0. The quantitative estimate of drug-likeness (QED) is 0.539. The van der Waals surface area contributed by atoms with Crippen LogP contribution < -0.4 is 15.6 Å². The summed E-state index contributed by atoms with van der Waals surface area (Å²) in [5.74, 6) is -0.665. The molecule has 3 aromatic carbocycles. The standard InChI is InChI=1S/C25H22Cl2N4O2/c1-30(2)21-13-3-16(4-14-21)15-31-23(17-5-9-19(26)10-6-17)22(25(33)29-31)28-24(32)18-7-11-20(27)12-8-18/h3-15,22-23H,1-2H3,(H-,28,29,32,33)/p+1/t22-,23-/m0/s1. The van der Waals surface area contributed by atoms with E-state index in [2.05, 4.69) is 10.7 Å². The fourth-order valence-electron chi connectivity index (χ4n) is 3.69. The van der Waals surface area contributed by atoms with E-state index in [1.54, 1.807) is 41.1 Å². The van der Waals surface area contributed by atoms with Crippen LogP contribution in [0.15, 0.2) is 72.8 Å². The molecule has 4 rings (SSSR count). The highest BCUT2D eigenvalue weighted by molar-refractivity contribution is 6.30. The highest BCUT2D eigenvalue weighted by Crippen LogP contribution is 2.27. The van der Waals surface area contributed by atoms with E-state index in [9.17, 15) is 9.59 Å². The second-order valence-corrected chi connectivity index (χ2v) is 8.83. The molecule has 6 nitrogen and oxygen atoms in total. The minimum Gasteiger partial charge on any atom is -0.378 e. The van der Waals surface area contributed by atoms with E-state index >= 15 is 0 Å². The van der Waals surface area contributed by atoms with Crippen LogP contribution in [0.3, 0.4) is 0 Å². The summed E-state index contributed by atoms with van der Waals surface area (Å²) in [5, 5.41) is 4.00. The number of nitrogens with zero attached hydrogens (tertiary/aromatic N) is 2. The highest BCUT2D eigenvalue weighted by Gasteiger charge is 2.47. The van der Waals surface area contributed by atoms with Crippen LogP contribution in [-0.2, 0) is 4.79 Å². The number of hydrogen-bond donors (Lipinski definition) is 2. The number of carbonyl (C=O) groups excluding carboxylic acids is 2. The SMILES string of the molecule is CN(C)c1ccc(/C=[N+]2\NC(=O)[C@@H](NC(=O)c3ccc(Cl)cc3)[C@@H]2c2ccc(Cl)cc2)cc1. The third-order valence-electron chi connectivity index (χ3n) is 5.44. The summed E-state index contributed by atoms with van der Waals surface area (Å²) < 4.78 is 1.73. The summed E-state index contributed by atoms with van der Waals surface area (Å²) in [7, 11) is 3.95. The maximum atomic E-state index is 12.9. The molecule has 1 saturated heterocycles. The van der Waals surface area contributed by atoms with Crippen molar-refractivity contribution < 1.29 is 14.3 Å². The Kier molecular flexibility index (Phi) is 6.67. The van der Waals surface area contributed by atoms with E-state index < -0.39 is 12.1 Å². The van der Waals surface area contributed by atoms with Crippen LogP contribution >= 0.6 is 23.2 Å². The van der Waals surface area contributed by atoms with Crippen LogP contribution in [0.25, 0.3) is 0 Å². The van der Waals surface area contributed by atoms with Crippen LogP contribution in [0, 0.1) is 0 Å². The Bertz CT molecular complexity index is 1190. The highest BCUT2D eigenvalue weighted by atomic mass is 35.5. The van der Waals surface area contributed by atoms with Crippen molar-refractivity contribution in [2.45, 2.75) is 12.1 Å². The van der Waals surface area contributed by atoms with Gasteiger partial charge in [0.25, 0.3) is 5.91 Å². The number of halogens is 2. The summed E-state index contributed by atoms with van der Waals surface area (Å²) in [6.45, 7) is 0. The summed E-state index contributed by atoms with van der Waals surface area (Å²) in [4.78, 5) is 27.8. The molecule has 2 atom stereocenters. The minimum atomic E-state index is -0.813. The first-order valence-electron chi connectivity index (χ1n) is 10.3. The average Bonchev–Trinajstić information content (AvgIpc) is 3.09. The van der Waals surface area contributed by atoms with Gasteiger partial charge in [0.05, 0.1) is 0 Å². The molecule has 0 bridgehead atoms. The monoisotopic (exact) mass is 481 g/mol. The first-order valence-corrected chi connectivity index (χ1v) is 11.1. The zero-order chi connectivity index (χ0) is 23.5. The first kappa shape index (κ1) is 22.8. The molecule has 1 fully saturated rings. The van der Waals surface area contributed by atoms with Crippen molar-refractivity contribution in [3.63, 3.8) is 0 Å². The third-order valence-corrected chi connectivity index (χ3v) is 5.94. The largest absolute Gasteiger partial charge is 0.378 e. The fraction of sp³-hybridized carbons (Fsp3) is 0.160. The van der Waals surface area contributed by atoms with Gasteiger partial charge in [0, 0.05) is 46.5 Å². The van der Waals surface area contributed by atoms with Gasteiger partial charge in [0.15, 0.2) is 6.04 Å². The normalized spacial score (nSPS) is 18.8. The lowest BCUT2D eigenvalue weighted by Crippen LogP contribution is -2.42. The molecule has 1 aliphatic rings. The molecule has 8 heteroatoms. The Morgan fingerprint density at radius 1 is 0.939 bits per heavy atom. The summed E-state index contributed by atoms with van der Waals surface area (Å²) in [6, 6.07) is 20.4. The molecule has 0 aromatic heterocycles. The lowest BCUT2D eigenvalue weighted by molar-refractivity contribution is -0.596. The number of hydrazine groups is 1. The Labute approximate surface area is 202 Å². The van der Waals surface area contributed by atoms with Crippen LogP contribution in [-0.4, -0.2) is 42.9 Å². The summed E-state index contributed by atoms with van der Waals surface area (Å²) in [5.41, 5.74) is 6.11. The minimum absolute atomic E-state index is 0.307. The molecule has 2 amide bonds. The molecule has 33 heavy (non-hydrogen) atoms. The first-order chi connectivity index (χ1) is 15.8. The van der Waals surface area contributed by atoms with E-state index in [1.807, 2.05) is 61.6 Å². The number of benzene rings is 3. The van der Waals surface area contributed by atoms with Gasteiger partial charge in [-0.05, 0) is 60.7 Å². The predicted octanol–water partition coefficient (Wildman–Crippen LogP) is 4.08. The van der Waals surface area contributed by atoms with Crippen LogP contribution in [0.2, 0.25) is 10.0 Å². The van der Waals surface area contributed by atoms with Gasteiger partial charge in [-0.2, -0.15) is 0 Å². The van der Waals surface area contributed by atoms with Crippen molar-refractivity contribution in [2.75, 3.05) is 19.0 Å². The molecule has 0 unspecified atom stereocenters. The van der Waals surface area contributed by atoms with Gasteiger partial charge in [-0.1, -0.05) is 35.3 Å². The van der Waals surface area contributed by atoms with E-state index in [-0.39, 0.29) is 11.8 Å². The fourth-order valence-corrected chi connectivity index (χ4v) is 3.94. The lowest BCUT2D eigenvalue weighted by atomic mass is 9.99. The van der Waals surface area contributed by atoms with Gasteiger partial charge in [-0.3, -0.25) is 9.59 Å². The molecule has 0 aliphatic carbocycles. The van der Waals surface area contributed by atoms with E-state index in [4.69, 9.17) is 23.2 Å². The number of hydrazone groups is 1. The van der Waals surface area contributed by atoms with Crippen LogP contribution in [0.4, 0.5) is 5.69 Å². The molecule has 2 N–H and O–H groups in total. The van der Waals surface area contributed by atoms with Crippen LogP contribution in [0.5, 0.6) is 0 Å². The molecular weight excluding hydrogens is 459 g/mol. The number of carbonyl (C=O) groups is 2. The smallest absolute Gasteiger partial charge is 0.304 e. The molecule has 0 spiro atoms. The average molecular weight is 482 g/mol. The number of nitrogens with one attached hydrogen (secondary N) is 2. The van der Waals surface area contributed by atoms with Crippen molar-refractivity contribution in [1.29, 1.82) is 0 Å². The Balaban J connectivity index is 1.68. The maximum absolute atomic E-state index is 12.9. The topological polar surface area (TPSA) is 64.5 Å². The van der Waals surface area contributed by atoms with Gasteiger partial charge in [0.2, 0.25) is 12.3 Å². The van der Waals surface area contributed by atoms with Crippen molar-refractivity contribution >= 4 is 46.9 Å². The number of rotatable bonds is 5. The van der Waals surface area contributed by atoms with Crippen molar-refractivity contribution in [3.8, 4) is 0 Å².